The maximum absolute atomic E-state index is 4.45. The molecule has 1 aromatic carbocycles. The van der Waals surface area contributed by atoms with Crippen LogP contribution in [-0.2, 0) is 6.42 Å². The van der Waals surface area contributed by atoms with Gasteiger partial charge in [0.1, 0.15) is 0 Å². The summed E-state index contributed by atoms with van der Waals surface area (Å²) in [6, 6.07) is 10.2. The van der Waals surface area contributed by atoms with Gasteiger partial charge in [0.25, 0.3) is 0 Å². The highest BCUT2D eigenvalue weighted by Gasteiger charge is 2.18. The number of halogens is 1. The van der Waals surface area contributed by atoms with Crippen molar-refractivity contribution in [1.82, 2.24) is 20.0 Å². The first-order chi connectivity index (χ1) is 11.8. The molecule has 0 spiro atoms. The Labute approximate surface area is 167 Å². The number of para-hydroxylation sites is 1. The quantitative estimate of drug-likeness (QED) is 0.439. The Morgan fingerprint density at radius 3 is 2.84 bits per heavy atom. The van der Waals surface area contributed by atoms with E-state index < -0.39 is 0 Å². The summed E-state index contributed by atoms with van der Waals surface area (Å²) >= 11 is 0. The van der Waals surface area contributed by atoms with Crippen molar-refractivity contribution in [2.45, 2.75) is 26.2 Å². The van der Waals surface area contributed by atoms with Crippen LogP contribution in [0.5, 0.6) is 0 Å². The first-order valence-electron chi connectivity index (χ1n) is 8.81. The number of hydrogen-bond donors (Lipinski definition) is 1. The lowest BCUT2D eigenvalue weighted by atomic mass is 10.0. The van der Waals surface area contributed by atoms with Crippen molar-refractivity contribution in [2.24, 2.45) is 10.9 Å². The minimum Gasteiger partial charge on any atom is -0.356 e. The van der Waals surface area contributed by atoms with Crippen LogP contribution in [0.2, 0.25) is 0 Å². The molecule has 6 heteroatoms. The molecule has 0 saturated carbocycles. The number of hydrogen-bond acceptors (Lipinski definition) is 2. The third-order valence-corrected chi connectivity index (χ3v) is 4.52. The maximum atomic E-state index is 4.45. The van der Waals surface area contributed by atoms with Gasteiger partial charge in [-0.05, 0) is 42.9 Å². The van der Waals surface area contributed by atoms with Gasteiger partial charge in [0.05, 0.1) is 11.9 Å². The fourth-order valence-corrected chi connectivity index (χ4v) is 3.24. The van der Waals surface area contributed by atoms with Crippen LogP contribution in [0.25, 0.3) is 5.69 Å². The molecule has 2 heterocycles. The number of aliphatic imine (C=N–C) groups is 1. The smallest absolute Gasteiger partial charge is 0.193 e. The van der Waals surface area contributed by atoms with Crippen molar-refractivity contribution in [3.8, 4) is 5.69 Å². The summed E-state index contributed by atoms with van der Waals surface area (Å²) in [6.07, 6.45) is 7.57. The topological polar surface area (TPSA) is 45.5 Å². The van der Waals surface area contributed by atoms with Crippen molar-refractivity contribution in [3.05, 3.63) is 48.3 Å². The zero-order valence-corrected chi connectivity index (χ0v) is 17.4. The molecular formula is C19H28IN5. The summed E-state index contributed by atoms with van der Waals surface area (Å²) in [4.78, 5) is 6.82. The largest absolute Gasteiger partial charge is 0.356 e. The minimum absolute atomic E-state index is 0. The number of guanidine groups is 1. The lowest BCUT2D eigenvalue weighted by Gasteiger charge is -2.33. The van der Waals surface area contributed by atoms with Crippen LogP contribution in [0.1, 0.15) is 25.3 Å². The standard InChI is InChI=1S/C19H27N5.HI/c1-16-7-6-12-23(14-16)19(20-2)21-11-10-17-13-22-24(15-17)18-8-4-3-5-9-18;/h3-5,8-9,13,15-16H,6-7,10-12,14H2,1-2H3,(H,20,21);1H. The molecule has 136 valence electrons. The monoisotopic (exact) mass is 453 g/mol. The van der Waals surface area contributed by atoms with Gasteiger partial charge in [-0.1, -0.05) is 25.1 Å². The van der Waals surface area contributed by atoms with Gasteiger partial charge >= 0.3 is 0 Å². The molecule has 0 aliphatic carbocycles. The van der Waals surface area contributed by atoms with E-state index in [9.17, 15) is 0 Å². The van der Waals surface area contributed by atoms with Gasteiger partial charge in [-0.25, -0.2) is 4.68 Å². The van der Waals surface area contributed by atoms with E-state index in [0.717, 1.165) is 43.6 Å². The highest BCUT2D eigenvalue weighted by atomic mass is 127. The zero-order chi connectivity index (χ0) is 16.8. The molecule has 1 saturated heterocycles. The summed E-state index contributed by atoms with van der Waals surface area (Å²) < 4.78 is 1.93. The number of benzene rings is 1. The van der Waals surface area contributed by atoms with E-state index in [1.54, 1.807) is 0 Å². The third kappa shape index (κ3) is 5.45. The fraction of sp³-hybridized carbons (Fsp3) is 0.474. The summed E-state index contributed by atoms with van der Waals surface area (Å²) in [7, 11) is 1.87. The van der Waals surface area contributed by atoms with Gasteiger partial charge in [0.2, 0.25) is 0 Å². The second-order valence-electron chi connectivity index (χ2n) is 6.55. The van der Waals surface area contributed by atoms with Crippen LogP contribution < -0.4 is 5.32 Å². The normalized spacial score (nSPS) is 17.9. The van der Waals surface area contributed by atoms with Crippen molar-refractivity contribution < 1.29 is 0 Å². The van der Waals surface area contributed by atoms with E-state index in [-0.39, 0.29) is 24.0 Å². The van der Waals surface area contributed by atoms with Crippen molar-refractivity contribution >= 4 is 29.9 Å². The van der Waals surface area contributed by atoms with Crippen LogP contribution in [0.4, 0.5) is 0 Å². The van der Waals surface area contributed by atoms with Crippen LogP contribution in [0.3, 0.4) is 0 Å². The average Bonchev–Trinajstić information content (AvgIpc) is 3.08. The first kappa shape index (κ1) is 19.8. The summed E-state index contributed by atoms with van der Waals surface area (Å²) in [5, 5.41) is 7.95. The predicted octanol–water partition coefficient (Wildman–Crippen LogP) is 3.34. The van der Waals surface area contributed by atoms with E-state index in [4.69, 9.17) is 0 Å². The van der Waals surface area contributed by atoms with E-state index in [2.05, 4.69) is 45.6 Å². The minimum atomic E-state index is 0. The van der Waals surface area contributed by atoms with E-state index in [1.807, 2.05) is 36.1 Å². The molecule has 1 aliphatic heterocycles. The van der Waals surface area contributed by atoms with E-state index >= 15 is 0 Å². The second kappa shape index (κ2) is 9.79. The molecule has 0 radical (unpaired) electrons. The molecule has 5 nitrogen and oxygen atoms in total. The van der Waals surface area contributed by atoms with Crippen LogP contribution >= 0.6 is 24.0 Å². The molecular weight excluding hydrogens is 425 g/mol. The molecule has 0 bridgehead atoms. The number of rotatable bonds is 4. The van der Waals surface area contributed by atoms with Crippen molar-refractivity contribution in [1.29, 1.82) is 0 Å². The van der Waals surface area contributed by atoms with E-state index in [0.29, 0.717) is 0 Å². The van der Waals surface area contributed by atoms with Gasteiger partial charge in [0, 0.05) is 32.9 Å². The van der Waals surface area contributed by atoms with Crippen LogP contribution in [0, 0.1) is 5.92 Å². The Bertz CT molecular complexity index is 667. The van der Waals surface area contributed by atoms with Crippen molar-refractivity contribution in [2.75, 3.05) is 26.7 Å². The predicted molar refractivity (Wildman–Crippen MR) is 114 cm³/mol. The molecule has 1 atom stereocenters. The highest BCUT2D eigenvalue weighted by Crippen LogP contribution is 2.15. The van der Waals surface area contributed by atoms with Gasteiger partial charge in [-0.2, -0.15) is 5.10 Å². The van der Waals surface area contributed by atoms with Gasteiger partial charge in [-0.15, -0.1) is 24.0 Å². The zero-order valence-electron chi connectivity index (χ0n) is 15.1. The molecule has 3 rings (SSSR count). The third-order valence-electron chi connectivity index (χ3n) is 4.52. The molecule has 1 unspecified atom stereocenters. The lowest BCUT2D eigenvalue weighted by Crippen LogP contribution is -2.46. The molecule has 2 aromatic rings. The van der Waals surface area contributed by atoms with Crippen molar-refractivity contribution in [3.63, 3.8) is 0 Å². The fourth-order valence-electron chi connectivity index (χ4n) is 3.24. The number of aromatic nitrogens is 2. The van der Waals surface area contributed by atoms with Crippen LogP contribution in [-0.4, -0.2) is 47.3 Å². The number of likely N-dealkylation sites (tertiary alicyclic amines) is 1. The van der Waals surface area contributed by atoms with Crippen LogP contribution in [0.15, 0.2) is 47.7 Å². The second-order valence-corrected chi connectivity index (χ2v) is 6.55. The molecule has 1 aromatic heterocycles. The Morgan fingerprint density at radius 2 is 2.12 bits per heavy atom. The molecule has 1 aliphatic rings. The molecule has 0 amide bonds. The number of piperidine rings is 1. The van der Waals surface area contributed by atoms with E-state index in [1.165, 1.54) is 18.4 Å². The van der Waals surface area contributed by atoms with Gasteiger partial charge < -0.3 is 10.2 Å². The molecule has 1 fully saturated rings. The molecule has 1 N–H and O–H groups in total. The lowest BCUT2D eigenvalue weighted by molar-refractivity contribution is 0.266. The number of nitrogens with zero attached hydrogens (tertiary/aromatic N) is 4. The number of nitrogens with one attached hydrogen (secondary N) is 1. The maximum Gasteiger partial charge on any atom is 0.193 e. The Balaban J connectivity index is 0.00000225. The summed E-state index contributed by atoms with van der Waals surface area (Å²) in [5.41, 5.74) is 2.32. The first-order valence-corrected chi connectivity index (χ1v) is 8.81. The Kier molecular flexibility index (Phi) is 7.74. The average molecular weight is 453 g/mol. The summed E-state index contributed by atoms with van der Waals surface area (Å²) in [5.74, 6) is 1.78. The summed E-state index contributed by atoms with van der Waals surface area (Å²) in [6.45, 7) is 5.40. The molecule has 25 heavy (non-hydrogen) atoms. The SMILES string of the molecule is CN=C(NCCc1cnn(-c2ccccc2)c1)N1CCCC(C)C1.I. The van der Waals surface area contributed by atoms with Gasteiger partial charge in [-0.3, -0.25) is 4.99 Å². The van der Waals surface area contributed by atoms with Gasteiger partial charge in [0.15, 0.2) is 5.96 Å². The Hall–Kier alpha value is -1.57. The highest BCUT2D eigenvalue weighted by molar-refractivity contribution is 14.0. The Morgan fingerprint density at radius 1 is 1.32 bits per heavy atom.